The van der Waals surface area contributed by atoms with Crippen LogP contribution in [0.25, 0.3) is 0 Å². The zero-order valence-corrected chi connectivity index (χ0v) is 14.0. The molecule has 1 aromatic heterocycles. The van der Waals surface area contributed by atoms with Crippen LogP contribution < -0.4 is 9.47 Å². The molecule has 0 saturated carbocycles. The molecule has 0 aliphatic rings. The van der Waals surface area contributed by atoms with Crippen molar-refractivity contribution in [1.29, 1.82) is 0 Å². The third-order valence-electron chi connectivity index (χ3n) is 3.07. The number of rotatable bonds is 8. The van der Waals surface area contributed by atoms with Crippen LogP contribution in [0, 0.1) is 10.1 Å². The predicted octanol–water partition coefficient (Wildman–Crippen LogP) is 3.74. The van der Waals surface area contributed by atoms with E-state index in [1.54, 1.807) is 6.07 Å². The quantitative estimate of drug-likeness (QED) is 0.538. The summed E-state index contributed by atoms with van der Waals surface area (Å²) in [4.78, 5) is 15.0. The van der Waals surface area contributed by atoms with Crippen molar-refractivity contribution >= 4 is 17.0 Å². The van der Waals surface area contributed by atoms with Gasteiger partial charge in [-0.15, -0.1) is 11.3 Å². The Hall–Kier alpha value is -2.19. The molecular formula is C15H18N2O5S. The van der Waals surface area contributed by atoms with E-state index >= 15 is 0 Å². The molecule has 124 valence electrons. The highest BCUT2D eigenvalue weighted by molar-refractivity contribution is 7.09. The summed E-state index contributed by atoms with van der Waals surface area (Å²) in [5, 5.41) is 13.8. The molecule has 0 amide bonds. The molecule has 0 N–H and O–H groups in total. The maximum Gasteiger partial charge on any atom is 0.314 e. The van der Waals surface area contributed by atoms with E-state index in [-0.39, 0.29) is 24.1 Å². The minimum absolute atomic E-state index is 0.0749. The Balaban J connectivity index is 2.07. The number of methoxy groups -OCH3 is 1. The molecule has 1 heterocycles. The van der Waals surface area contributed by atoms with Gasteiger partial charge in [0.05, 0.1) is 23.8 Å². The second-order valence-corrected chi connectivity index (χ2v) is 5.54. The standard InChI is InChI=1S/C15H18N2O5S/c1-4-21-10(2)15-16-11(9-23-15)8-22-14-6-5-12(20-3)7-13(14)17(18)19/h5-7,9-10H,4,8H2,1-3H3. The van der Waals surface area contributed by atoms with Crippen molar-refractivity contribution in [3.05, 3.63) is 44.4 Å². The van der Waals surface area contributed by atoms with Crippen LogP contribution in [0.15, 0.2) is 23.6 Å². The molecule has 0 bridgehead atoms. The first-order valence-electron chi connectivity index (χ1n) is 7.06. The number of aromatic nitrogens is 1. The van der Waals surface area contributed by atoms with Crippen molar-refractivity contribution in [2.45, 2.75) is 26.6 Å². The Bertz CT molecular complexity index is 674. The van der Waals surface area contributed by atoms with E-state index in [1.807, 2.05) is 19.2 Å². The Kier molecular flexibility index (Phi) is 5.89. The van der Waals surface area contributed by atoms with E-state index in [2.05, 4.69) is 4.98 Å². The molecule has 2 rings (SSSR count). The first-order chi connectivity index (χ1) is 11.0. The minimum Gasteiger partial charge on any atom is -0.496 e. The van der Waals surface area contributed by atoms with Gasteiger partial charge in [-0.25, -0.2) is 4.98 Å². The van der Waals surface area contributed by atoms with Crippen molar-refractivity contribution < 1.29 is 19.1 Å². The number of benzene rings is 1. The van der Waals surface area contributed by atoms with Crippen LogP contribution >= 0.6 is 11.3 Å². The van der Waals surface area contributed by atoms with E-state index in [4.69, 9.17) is 14.2 Å². The second kappa shape index (κ2) is 7.89. The summed E-state index contributed by atoms with van der Waals surface area (Å²) in [6, 6.07) is 4.47. The van der Waals surface area contributed by atoms with E-state index in [0.717, 1.165) is 5.01 Å². The van der Waals surface area contributed by atoms with Gasteiger partial charge in [-0.2, -0.15) is 0 Å². The highest BCUT2D eigenvalue weighted by Gasteiger charge is 2.17. The third-order valence-corrected chi connectivity index (χ3v) is 4.13. The summed E-state index contributed by atoms with van der Waals surface area (Å²) in [6.07, 6.45) is -0.0749. The molecule has 0 aliphatic carbocycles. The van der Waals surface area contributed by atoms with E-state index in [1.165, 1.54) is 30.6 Å². The molecule has 0 spiro atoms. The Labute approximate surface area is 138 Å². The van der Waals surface area contributed by atoms with Crippen LogP contribution in [0.3, 0.4) is 0 Å². The largest absolute Gasteiger partial charge is 0.496 e. The summed E-state index contributed by atoms with van der Waals surface area (Å²) in [6.45, 7) is 4.63. The number of thiazole rings is 1. The van der Waals surface area contributed by atoms with Gasteiger partial charge in [-0.05, 0) is 26.0 Å². The number of hydrogen-bond donors (Lipinski definition) is 0. The smallest absolute Gasteiger partial charge is 0.314 e. The fraction of sp³-hybridized carbons (Fsp3) is 0.400. The molecule has 2 aromatic rings. The molecule has 1 atom stereocenters. The van der Waals surface area contributed by atoms with Gasteiger partial charge in [-0.3, -0.25) is 10.1 Å². The number of hydrogen-bond acceptors (Lipinski definition) is 7. The number of nitro benzene ring substituents is 1. The molecule has 0 aliphatic heterocycles. The van der Waals surface area contributed by atoms with Gasteiger partial charge in [0.1, 0.15) is 23.5 Å². The van der Waals surface area contributed by atoms with Crippen LogP contribution in [-0.2, 0) is 11.3 Å². The van der Waals surface area contributed by atoms with Gasteiger partial charge < -0.3 is 14.2 Å². The predicted molar refractivity (Wildman–Crippen MR) is 86.1 cm³/mol. The lowest BCUT2D eigenvalue weighted by molar-refractivity contribution is -0.386. The van der Waals surface area contributed by atoms with E-state index in [0.29, 0.717) is 18.1 Å². The molecule has 7 nitrogen and oxygen atoms in total. The van der Waals surface area contributed by atoms with Crippen LogP contribution in [0.2, 0.25) is 0 Å². The summed E-state index contributed by atoms with van der Waals surface area (Å²) < 4.78 is 16.0. The molecule has 23 heavy (non-hydrogen) atoms. The maximum atomic E-state index is 11.1. The Morgan fingerprint density at radius 3 is 2.87 bits per heavy atom. The Morgan fingerprint density at radius 2 is 2.22 bits per heavy atom. The molecule has 0 saturated heterocycles. The average Bonchev–Trinajstić information content (AvgIpc) is 3.02. The fourth-order valence-corrected chi connectivity index (χ4v) is 2.74. The number of ether oxygens (including phenoxy) is 3. The van der Waals surface area contributed by atoms with Gasteiger partial charge in [0, 0.05) is 12.0 Å². The monoisotopic (exact) mass is 338 g/mol. The van der Waals surface area contributed by atoms with Crippen LogP contribution in [0.1, 0.15) is 30.7 Å². The summed E-state index contributed by atoms with van der Waals surface area (Å²) in [5.41, 5.74) is 0.573. The second-order valence-electron chi connectivity index (χ2n) is 4.65. The lowest BCUT2D eigenvalue weighted by atomic mass is 10.3. The van der Waals surface area contributed by atoms with Crippen molar-refractivity contribution in [2.24, 2.45) is 0 Å². The zero-order chi connectivity index (χ0) is 16.8. The maximum absolute atomic E-state index is 11.1. The van der Waals surface area contributed by atoms with E-state index in [9.17, 15) is 10.1 Å². The van der Waals surface area contributed by atoms with Crippen molar-refractivity contribution in [3.8, 4) is 11.5 Å². The highest BCUT2D eigenvalue weighted by Crippen LogP contribution is 2.31. The van der Waals surface area contributed by atoms with Gasteiger partial charge in [-0.1, -0.05) is 0 Å². The first kappa shape index (κ1) is 17.2. The minimum atomic E-state index is -0.499. The average molecular weight is 338 g/mol. The topological polar surface area (TPSA) is 83.7 Å². The van der Waals surface area contributed by atoms with Crippen molar-refractivity contribution in [3.63, 3.8) is 0 Å². The van der Waals surface area contributed by atoms with Gasteiger partial charge >= 0.3 is 5.69 Å². The SMILES string of the molecule is CCOC(C)c1nc(COc2ccc(OC)cc2[N+](=O)[O-])cs1. The first-order valence-corrected chi connectivity index (χ1v) is 7.94. The zero-order valence-electron chi connectivity index (χ0n) is 13.1. The van der Waals surface area contributed by atoms with Crippen molar-refractivity contribution in [2.75, 3.05) is 13.7 Å². The molecule has 8 heteroatoms. The normalized spacial score (nSPS) is 12.0. The van der Waals surface area contributed by atoms with Crippen molar-refractivity contribution in [1.82, 2.24) is 4.98 Å². The number of nitrogens with zero attached hydrogens (tertiary/aromatic N) is 2. The molecule has 0 fully saturated rings. The highest BCUT2D eigenvalue weighted by atomic mass is 32.1. The van der Waals surface area contributed by atoms with Crippen LogP contribution in [-0.4, -0.2) is 23.6 Å². The molecule has 1 aromatic carbocycles. The summed E-state index contributed by atoms with van der Waals surface area (Å²) in [5.74, 6) is 0.591. The number of nitro groups is 1. The molecule has 0 radical (unpaired) electrons. The fourth-order valence-electron chi connectivity index (χ4n) is 1.94. The lowest BCUT2D eigenvalue weighted by Gasteiger charge is -2.08. The lowest BCUT2D eigenvalue weighted by Crippen LogP contribution is -2.02. The summed E-state index contributed by atoms with van der Waals surface area (Å²) in [7, 11) is 1.45. The third kappa shape index (κ3) is 4.40. The molecule has 1 unspecified atom stereocenters. The van der Waals surface area contributed by atoms with Gasteiger partial charge in [0.2, 0.25) is 0 Å². The Morgan fingerprint density at radius 1 is 1.43 bits per heavy atom. The van der Waals surface area contributed by atoms with Crippen LogP contribution in [0.5, 0.6) is 11.5 Å². The van der Waals surface area contributed by atoms with Gasteiger partial charge in [0.25, 0.3) is 0 Å². The van der Waals surface area contributed by atoms with Crippen LogP contribution in [0.4, 0.5) is 5.69 Å². The van der Waals surface area contributed by atoms with Gasteiger partial charge in [0.15, 0.2) is 5.75 Å². The summed E-state index contributed by atoms with van der Waals surface area (Å²) >= 11 is 1.48. The van der Waals surface area contributed by atoms with E-state index < -0.39 is 4.92 Å². The molecular weight excluding hydrogens is 320 g/mol.